The van der Waals surface area contributed by atoms with Crippen LogP contribution in [0.2, 0.25) is 0 Å². The third-order valence-corrected chi connectivity index (χ3v) is 3.37. The Hall–Kier alpha value is -1.51. The first-order chi connectivity index (χ1) is 9.65. The highest BCUT2D eigenvalue weighted by Crippen LogP contribution is 2.14. The van der Waals surface area contributed by atoms with Crippen molar-refractivity contribution in [2.75, 3.05) is 38.3 Å². The maximum absolute atomic E-state index is 11.0. The second kappa shape index (κ2) is 7.32. The van der Waals surface area contributed by atoms with Gasteiger partial charge in [0.05, 0.1) is 24.0 Å². The lowest BCUT2D eigenvalue weighted by Gasteiger charge is -2.24. The van der Waals surface area contributed by atoms with Crippen molar-refractivity contribution in [3.8, 4) is 0 Å². The summed E-state index contributed by atoms with van der Waals surface area (Å²) in [6, 6.07) is 7.26. The standard InChI is InChI=1S/C12H15BrN4O3/c13-10-1-3-11(4-2-10)14-15-12(17(18)19)9-16-5-7-20-8-6-16/h1-4,14H,5-9H2/b15-12+. The minimum atomic E-state index is -0.457. The van der Waals surface area contributed by atoms with E-state index in [0.29, 0.717) is 32.0 Å². The number of hydrogen-bond acceptors (Lipinski definition) is 6. The molecule has 7 nitrogen and oxygen atoms in total. The summed E-state index contributed by atoms with van der Waals surface area (Å²) < 4.78 is 6.15. The summed E-state index contributed by atoms with van der Waals surface area (Å²) in [5, 5.41) is 14.9. The Labute approximate surface area is 124 Å². The average Bonchev–Trinajstić information content (AvgIpc) is 2.46. The minimum Gasteiger partial charge on any atom is -0.379 e. The molecule has 2 rings (SSSR count). The quantitative estimate of drug-likeness (QED) is 0.390. The summed E-state index contributed by atoms with van der Waals surface area (Å²) in [6.45, 7) is 2.78. The lowest BCUT2D eigenvalue weighted by molar-refractivity contribution is -0.353. The lowest BCUT2D eigenvalue weighted by Crippen LogP contribution is -2.41. The molecule has 0 unspecified atom stereocenters. The summed E-state index contributed by atoms with van der Waals surface area (Å²) in [4.78, 5) is 12.5. The van der Waals surface area contributed by atoms with Crippen LogP contribution in [-0.2, 0) is 4.74 Å². The van der Waals surface area contributed by atoms with Crippen molar-refractivity contribution >= 4 is 27.5 Å². The van der Waals surface area contributed by atoms with Crippen LogP contribution in [0, 0.1) is 10.1 Å². The Balaban J connectivity index is 1.98. The molecular weight excluding hydrogens is 328 g/mol. The number of hydrogen-bond donors (Lipinski definition) is 1. The van der Waals surface area contributed by atoms with Crippen LogP contribution in [0.4, 0.5) is 5.69 Å². The zero-order valence-electron chi connectivity index (χ0n) is 10.8. The van der Waals surface area contributed by atoms with Crippen LogP contribution < -0.4 is 5.43 Å². The third-order valence-electron chi connectivity index (χ3n) is 2.84. The van der Waals surface area contributed by atoms with Gasteiger partial charge in [-0.25, -0.2) is 0 Å². The molecule has 0 aliphatic carbocycles. The summed E-state index contributed by atoms with van der Waals surface area (Å²) in [6.07, 6.45) is 0. The molecule has 1 aromatic rings. The van der Waals surface area contributed by atoms with Gasteiger partial charge in [0, 0.05) is 17.6 Å². The number of nitrogens with one attached hydrogen (secondary N) is 1. The van der Waals surface area contributed by atoms with E-state index in [4.69, 9.17) is 4.74 Å². The fourth-order valence-corrected chi connectivity index (χ4v) is 2.01. The van der Waals surface area contributed by atoms with Gasteiger partial charge >= 0.3 is 5.84 Å². The van der Waals surface area contributed by atoms with Crippen LogP contribution in [0.25, 0.3) is 0 Å². The molecule has 20 heavy (non-hydrogen) atoms. The molecule has 1 N–H and O–H groups in total. The Morgan fingerprint density at radius 2 is 2.05 bits per heavy atom. The van der Waals surface area contributed by atoms with Crippen molar-refractivity contribution in [2.24, 2.45) is 5.10 Å². The smallest absolute Gasteiger partial charge is 0.377 e. The van der Waals surface area contributed by atoms with Gasteiger partial charge in [0.25, 0.3) is 0 Å². The van der Waals surface area contributed by atoms with E-state index in [1.165, 1.54) is 0 Å². The number of morpholine rings is 1. The molecule has 108 valence electrons. The average molecular weight is 343 g/mol. The predicted octanol–water partition coefficient (Wildman–Crippen LogP) is 1.78. The van der Waals surface area contributed by atoms with Crippen LogP contribution in [0.3, 0.4) is 0 Å². The molecule has 0 amide bonds. The van der Waals surface area contributed by atoms with E-state index < -0.39 is 4.92 Å². The van der Waals surface area contributed by atoms with Crippen LogP contribution in [-0.4, -0.2) is 48.5 Å². The maximum Gasteiger partial charge on any atom is 0.377 e. The van der Waals surface area contributed by atoms with E-state index in [9.17, 15) is 10.1 Å². The van der Waals surface area contributed by atoms with Crippen molar-refractivity contribution < 1.29 is 9.66 Å². The molecule has 0 spiro atoms. The van der Waals surface area contributed by atoms with Crippen LogP contribution in [0.5, 0.6) is 0 Å². The van der Waals surface area contributed by atoms with E-state index >= 15 is 0 Å². The Bertz CT molecular complexity index is 486. The molecule has 8 heteroatoms. The first-order valence-corrected chi connectivity index (χ1v) is 6.97. The van der Waals surface area contributed by atoms with Gasteiger partial charge in [-0.1, -0.05) is 15.9 Å². The number of ether oxygens (including phenoxy) is 1. The van der Waals surface area contributed by atoms with Crippen molar-refractivity contribution in [1.29, 1.82) is 0 Å². The summed E-state index contributed by atoms with van der Waals surface area (Å²) in [5.74, 6) is -0.102. The van der Waals surface area contributed by atoms with E-state index in [0.717, 1.165) is 4.47 Å². The highest BCUT2D eigenvalue weighted by molar-refractivity contribution is 9.10. The first-order valence-electron chi connectivity index (χ1n) is 6.18. The molecule has 1 aliphatic heterocycles. The molecule has 0 atom stereocenters. The molecule has 1 heterocycles. The number of amidine groups is 1. The van der Waals surface area contributed by atoms with Gasteiger partial charge in [0.15, 0.2) is 0 Å². The highest BCUT2D eigenvalue weighted by Gasteiger charge is 2.20. The van der Waals surface area contributed by atoms with Crippen molar-refractivity contribution in [3.63, 3.8) is 0 Å². The van der Waals surface area contributed by atoms with E-state index in [1.807, 2.05) is 17.0 Å². The Kier molecular flexibility index (Phi) is 5.45. The third kappa shape index (κ3) is 4.55. The zero-order valence-corrected chi connectivity index (χ0v) is 12.4. The molecule has 0 aromatic heterocycles. The highest BCUT2D eigenvalue weighted by atomic mass is 79.9. The number of nitrogens with zero attached hydrogens (tertiary/aromatic N) is 3. The predicted molar refractivity (Wildman–Crippen MR) is 79.5 cm³/mol. The number of anilines is 1. The van der Waals surface area contributed by atoms with Gasteiger partial charge < -0.3 is 14.9 Å². The van der Waals surface area contributed by atoms with Crippen molar-refractivity contribution in [2.45, 2.75) is 0 Å². The molecule has 1 aliphatic rings. The normalized spacial score (nSPS) is 16.9. The van der Waals surface area contributed by atoms with Crippen LogP contribution in [0.1, 0.15) is 0 Å². The molecule has 0 radical (unpaired) electrons. The second-order valence-corrected chi connectivity index (χ2v) is 5.21. The van der Waals surface area contributed by atoms with Gasteiger partial charge in [-0.2, -0.15) is 5.43 Å². The minimum absolute atomic E-state index is 0.102. The molecule has 0 saturated carbocycles. The van der Waals surface area contributed by atoms with E-state index in [-0.39, 0.29) is 12.4 Å². The van der Waals surface area contributed by atoms with Crippen LogP contribution >= 0.6 is 15.9 Å². The summed E-state index contributed by atoms with van der Waals surface area (Å²) in [5.41, 5.74) is 3.41. The van der Waals surface area contributed by atoms with E-state index in [1.54, 1.807) is 12.1 Å². The van der Waals surface area contributed by atoms with E-state index in [2.05, 4.69) is 26.5 Å². The Morgan fingerprint density at radius 1 is 1.40 bits per heavy atom. The number of nitro groups is 1. The van der Waals surface area contributed by atoms with Crippen LogP contribution in [0.15, 0.2) is 33.8 Å². The number of halogens is 1. The first kappa shape index (κ1) is 14.9. The summed E-state index contributed by atoms with van der Waals surface area (Å²) >= 11 is 3.32. The molecule has 1 aromatic carbocycles. The van der Waals surface area contributed by atoms with Crippen molar-refractivity contribution in [1.82, 2.24) is 4.90 Å². The number of benzene rings is 1. The van der Waals surface area contributed by atoms with Gasteiger partial charge in [-0.15, -0.1) is 0 Å². The summed E-state index contributed by atoms with van der Waals surface area (Å²) in [7, 11) is 0. The number of hydrazone groups is 1. The fraction of sp³-hybridized carbons (Fsp3) is 0.417. The van der Waals surface area contributed by atoms with Gasteiger partial charge in [-0.3, -0.25) is 4.90 Å². The van der Waals surface area contributed by atoms with Gasteiger partial charge in [0.1, 0.15) is 6.54 Å². The topological polar surface area (TPSA) is 80.0 Å². The van der Waals surface area contributed by atoms with Gasteiger partial charge in [-0.05, 0) is 29.2 Å². The van der Waals surface area contributed by atoms with Crippen molar-refractivity contribution in [3.05, 3.63) is 38.9 Å². The maximum atomic E-state index is 11.0. The zero-order chi connectivity index (χ0) is 14.4. The fourth-order valence-electron chi connectivity index (χ4n) is 1.75. The second-order valence-electron chi connectivity index (χ2n) is 4.29. The molecule has 1 fully saturated rings. The largest absolute Gasteiger partial charge is 0.379 e. The SMILES string of the molecule is O=[N+]([O-])/C(CN1CCOCC1)=N/Nc1ccc(Br)cc1. The lowest BCUT2D eigenvalue weighted by atomic mass is 10.3. The molecule has 0 bridgehead atoms. The monoisotopic (exact) mass is 342 g/mol. The number of rotatable bonds is 4. The Morgan fingerprint density at radius 3 is 2.65 bits per heavy atom. The molecular formula is C12H15BrN4O3. The molecule has 1 saturated heterocycles. The van der Waals surface area contributed by atoms with Gasteiger partial charge in [0.2, 0.25) is 0 Å².